The van der Waals surface area contributed by atoms with Crippen molar-refractivity contribution in [3.05, 3.63) is 69.3 Å². The van der Waals surface area contributed by atoms with Gasteiger partial charge in [0, 0.05) is 56.7 Å². The fourth-order valence-corrected chi connectivity index (χ4v) is 5.46. The van der Waals surface area contributed by atoms with Crippen molar-refractivity contribution >= 4 is 23.2 Å². The van der Waals surface area contributed by atoms with E-state index in [9.17, 15) is 19.7 Å². The Hall–Kier alpha value is -3.42. The molecule has 0 unspecified atom stereocenters. The molecule has 2 aromatic carbocycles. The van der Waals surface area contributed by atoms with Gasteiger partial charge in [0.15, 0.2) is 0 Å². The van der Waals surface area contributed by atoms with Crippen LogP contribution < -0.4 is 10.2 Å². The molecular weight excluding hydrogens is 444 g/mol. The summed E-state index contributed by atoms with van der Waals surface area (Å²) in [5, 5.41) is 15.0. The van der Waals surface area contributed by atoms with Crippen LogP contribution in [-0.2, 0) is 10.2 Å². The molecule has 4 rings (SSSR count). The molecule has 1 N–H and O–H groups in total. The molecule has 0 radical (unpaired) electrons. The zero-order valence-corrected chi connectivity index (χ0v) is 20.6. The molecule has 2 aliphatic rings. The van der Waals surface area contributed by atoms with Crippen LogP contribution in [0, 0.1) is 17.0 Å². The van der Waals surface area contributed by atoms with Gasteiger partial charge >= 0.3 is 0 Å². The van der Waals surface area contributed by atoms with Gasteiger partial charge in [0.05, 0.1) is 4.92 Å². The second kappa shape index (κ2) is 10.5. The Kier molecular flexibility index (Phi) is 7.38. The van der Waals surface area contributed by atoms with Crippen molar-refractivity contribution in [2.75, 3.05) is 37.6 Å². The molecule has 1 aliphatic carbocycles. The number of amides is 2. The number of hydrogen-bond donors (Lipinski definition) is 1. The normalized spacial score (nSPS) is 17.7. The summed E-state index contributed by atoms with van der Waals surface area (Å²) in [4.78, 5) is 39.8. The first kappa shape index (κ1) is 24.7. The highest BCUT2D eigenvalue weighted by Gasteiger charge is 2.34. The number of nitro benzene ring substituents is 1. The molecule has 2 amide bonds. The third-order valence-electron chi connectivity index (χ3n) is 7.53. The molecule has 8 heteroatoms. The number of hydrogen-bond acceptors (Lipinski definition) is 5. The van der Waals surface area contributed by atoms with Crippen molar-refractivity contribution in [2.24, 2.45) is 0 Å². The van der Waals surface area contributed by atoms with Crippen molar-refractivity contribution < 1.29 is 14.5 Å². The first-order valence-electron chi connectivity index (χ1n) is 12.4. The van der Waals surface area contributed by atoms with Crippen LogP contribution in [0.4, 0.5) is 11.4 Å². The Morgan fingerprint density at radius 2 is 1.74 bits per heavy atom. The number of anilines is 1. The Labute approximate surface area is 206 Å². The van der Waals surface area contributed by atoms with Crippen molar-refractivity contribution in [1.82, 2.24) is 10.2 Å². The number of benzene rings is 2. The summed E-state index contributed by atoms with van der Waals surface area (Å²) in [6, 6.07) is 13.2. The lowest BCUT2D eigenvalue weighted by atomic mass is 9.69. The molecule has 35 heavy (non-hydrogen) atoms. The lowest BCUT2D eigenvalue weighted by Crippen LogP contribution is -2.48. The summed E-state index contributed by atoms with van der Waals surface area (Å²) in [5.41, 5.74) is 3.04. The van der Waals surface area contributed by atoms with Crippen LogP contribution >= 0.6 is 0 Å². The van der Waals surface area contributed by atoms with Gasteiger partial charge in [-0.15, -0.1) is 0 Å². The van der Waals surface area contributed by atoms with Crippen molar-refractivity contribution in [3.8, 4) is 0 Å². The maximum absolute atomic E-state index is 13.1. The van der Waals surface area contributed by atoms with E-state index in [0.29, 0.717) is 38.4 Å². The zero-order valence-electron chi connectivity index (χ0n) is 20.6. The minimum Gasteiger partial charge on any atom is -0.362 e. The van der Waals surface area contributed by atoms with E-state index >= 15 is 0 Å². The smallest absolute Gasteiger partial charge is 0.293 e. The standard InChI is InChI=1S/C27H34N4O4/c1-20-7-6-8-23(17-20)27(11-4-3-5-12-27)19-28-26(33)22-9-10-24(25(18-22)31(34)35)30-15-13-29(14-16-30)21(2)32/h6-10,17-18H,3-5,11-16,19H2,1-2H3,(H,28,33). The fraction of sp³-hybridized carbons (Fsp3) is 0.481. The molecule has 8 nitrogen and oxygen atoms in total. The second-order valence-corrected chi connectivity index (χ2v) is 9.85. The number of rotatable bonds is 6. The van der Waals surface area contributed by atoms with Crippen LogP contribution in [0.15, 0.2) is 42.5 Å². The average Bonchev–Trinajstić information content (AvgIpc) is 2.87. The number of carbonyl (C=O) groups excluding carboxylic acids is 2. The van der Waals surface area contributed by atoms with Gasteiger partial charge in [0.2, 0.25) is 5.91 Å². The van der Waals surface area contributed by atoms with Gasteiger partial charge in [0.1, 0.15) is 5.69 Å². The summed E-state index contributed by atoms with van der Waals surface area (Å²) >= 11 is 0. The van der Waals surface area contributed by atoms with E-state index in [1.165, 1.54) is 30.5 Å². The summed E-state index contributed by atoms with van der Waals surface area (Å²) in [6.45, 7) is 6.21. The molecule has 186 valence electrons. The average molecular weight is 479 g/mol. The Bertz CT molecular complexity index is 1100. The van der Waals surface area contributed by atoms with Gasteiger partial charge in [0.25, 0.3) is 11.6 Å². The Balaban J connectivity index is 1.50. The van der Waals surface area contributed by atoms with Crippen LogP contribution in [0.1, 0.15) is 60.5 Å². The van der Waals surface area contributed by atoms with Crippen LogP contribution in [0.2, 0.25) is 0 Å². The minimum absolute atomic E-state index is 0.00701. The van der Waals surface area contributed by atoms with Crippen LogP contribution in [0.3, 0.4) is 0 Å². The summed E-state index contributed by atoms with van der Waals surface area (Å²) in [6.07, 6.45) is 5.49. The molecule has 1 heterocycles. The molecular formula is C27H34N4O4. The van der Waals surface area contributed by atoms with E-state index in [0.717, 1.165) is 25.7 Å². The van der Waals surface area contributed by atoms with Crippen LogP contribution in [0.5, 0.6) is 0 Å². The number of aryl methyl sites for hydroxylation is 1. The fourth-order valence-electron chi connectivity index (χ4n) is 5.46. The molecule has 1 saturated carbocycles. The number of nitro groups is 1. The topological polar surface area (TPSA) is 95.8 Å². The van der Waals surface area contributed by atoms with E-state index in [-0.39, 0.29) is 28.5 Å². The molecule has 1 saturated heterocycles. The van der Waals surface area contributed by atoms with E-state index < -0.39 is 4.92 Å². The van der Waals surface area contributed by atoms with Crippen molar-refractivity contribution in [3.63, 3.8) is 0 Å². The molecule has 0 bridgehead atoms. The first-order valence-corrected chi connectivity index (χ1v) is 12.4. The van der Waals surface area contributed by atoms with E-state index in [1.807, 2.05) is 4.90 Å². The quantitative estimate of drug-likeness (QED) is 0.496. The lowest BCUT2D eigenvalue weighted by Gasteiger charge is -2.38. The third-order valence-corrected chi connectivity index (χ3v) is 7.53. The van der Waals surface area contributed by atoms with Crippen molar-refractivity contribution in [2.45, 2.75) is 51.4 Å². The molecule has 2 fully saturated rings. The van der Waals surface area contributed by atoms with Gasteiger partial charge in [-0.2, -0.15) is 0 Å². The van der Waals surface area contributed by atoms with E-state index in [4.69, 9.17) is 0 Å². The highest BCUT2D eigenvalue weighted by molar-refractivity contribution is 5.96. The monoisotopic (exact) mass is 478 g/mol. The lowest BCUT2D eigenvalue weighted by molar-refractivity contribution is -0.384. The van der Waals surface area contributed by atoms with Crippen LogP contribution in [-0.4, -0.2) is 54.4 Å². The van der Waals surface area contributed by atoms with Gasteiger partial charge < -0.3 is 15.1 Å². The maximum atomic E-state index is 13.1. The molecule has 1 aliphatic heterocycles. The summed E-state index contributed by atoms with van der Waals surface area (Å²) in [7, 11) is 0. The Morgan fingerprint density at radius 3 is 2.37 bits per heavy atom. The number of piperazine rings is 1. The largest absolute Gasteiger partial charge is 0.362 e. The van der Waals surface area contributed by atoms with Gasteiger partial charge in [-0.1, -0.05) is 49.1 Å². The molecule has 0 spiro atoms. The predicted molar refractivity (Wildman–Crippen MR) is 136 cm³/mol. The van der Waals surface area contributed by atoms with Crippen LogP contribution in [0.25, 0.3) is 0 Å². The number of carbonyl (C=O) groups is 2. The SMILES string of the molecule is CC(=O)N1CCN(c2ccc(C(=O)NCC3(c4cccc(C)c4)CCCCC3)cc2[N+](=O)[O-])CC1. The Morgan fingerprint density at radius 1 is 1.03 bits per heavy atom. The summed E-state index contributed by atoms with van der Waals surface area (Å²) < 4.78 is 0. The zero-order chi connectivity index (χ0) is 25.0. The maximum Gasteiger partial charge on any atom is 0.293 e. The molecule has 2 aromatic rings. The van der Waals surface area contributed by atoms with E-state index in [1.54, 1.807) is 17.0 Å². The van der Waals surface area contributed by atoms with Gasteiger partial charge in [-0.25, -0.2) is 0 Å². The third kappa shape index (κ3) is 5.47. The van der Waals surface area contributed by atoms with Crippen molar-refractivity contribution in [1.29, 1.82) is 0 Å². The van der Waals surface area contributed by atoms with Gasteiger partial charge in [-0.05, 0) is 37.5 Å². The highest BCUT2D eigenvalue weighted by atomic mass is 16.6. The summed E-state index contributed by atoms with van der Waals surface area (Å²) in [5.74, 6) is -0.286. The first-order chi connectivity index (χ1) is 16.8. The second-order valence-electron chi connectivity index (χ2n) is 9.85. The highest BCUT2D eigenvalue weighted by Crippen LogP contribution is 2.39. The predicted octanol–water partition coefficient (Wildman–Crippen LogP) is 4.20. The number of nitrogens with zero attached hydrogens (tertiary/aromatic N) is 3. The minimum atomic E-state index is -0.432. The molecule has 0 atom stereocenters. The van der Waals surface area contributed by atoms with E-state index in [2.05, 4.69) is 36.5 Å². The van der Waals surface area contributed by atoms with Gasteiger partial charge in [-0.3, -0.25) is 19.7 Å². The molecule has 0 aromatic heterocycles. The number of nitrogens with one attached hydrogen (secondary N) is 1.